The van der Waals surface area contributed by atoms with Gasteiger partial charge in [-0.3, -0.25) is 4.98 Å². The summed E-state index contributed by atoms with van der Waals surface area (Å²) in [7, 11) is 0. The molecule has 7 heteroatoms. The van der Waals surface area contributed by atoms with Crippen LogP contribution in [0.15, 0.2) is 60.9 Å². The van der Waals surface area contributed by atoms with E-state index in [1.54, 1.807) is 24.5 Å². The number of ether oxygens (including phenoxy) is 1. The van der Waals surface area contributed by atoms with E-state index in [-0.39, 0.29) is 17.5 Å². The van der Waals surface area contributed by atoms with Crippen molar-refractivity contribution in [2.45, 2.75) is 70.3 Å². The van der Waals surface area contributed by atoms with Gasteiger partial charge >= 0.3 is 5.97 Å². The Morgan fingerprint density at radius 1 is 1.11 bits per heavy atom. The maximum Gasteiger partial charge on any atom is 0.335 e. The molecule has 6 nitrogen and oxygen atoms in total. The highest BCUT2D eigenvalue weighted by Crippen LogP contribution is 2.48. The second kappa shape index (κ2) is 10.1. The van der Waals surface area contributed by atoms with Gasteiger partial charge in [0.05, 0.1) is 11.3 Å². The van der Waals surface area contributed by atoms with Crippen molar-refractivity contribution in [3.05, 3.63) is 77.6 Å². The van der Waals surface area contributed by atoms with E-state index in [2.05, 4.69) is 27.9 Å². The quantitative estimate of drug-likeness (QED) is 0.296. The molecule has 0 radical (unpaired) electrons. The van der Waals surface area contributed by atoms with E-state index in [0.717, 1.165) is 70.4 Å². The van der Waals surface area contributed by atoms with E-state index in [1.807, 2.05) is 30.3 Å². The van der Waals surface area contributed by atoms with Crippen molar-refractivity contribution in [3.8, 4) is 17.0 Å². The zero-order chi connectivity index (χ0) is 26.2. The van der Waals surface area contributed by atoms with Gasteiger partial charge in [-0.25, -0.2) is 9.18 Å². The van der Waals surface area contributed by atoms with E-state index >= 15 is 4.39 Å². The number of nitrogens with zero attached hydrogens (tertiary/aromatic N) is 2. The molecular formula is C31H32FN3O3. The molecule has 3 atom stereocenters. The first kappa shape index (κ1) is 24.5. The number of aryl methyl sites for hydroxylation is 1. The standard InChI is InChI=1S/C31H32FN3O3/c1-19-12-15-35-28-16-21(31(36)37)6-8-25(28)29(23-4-2-3-5-26(23)32)30(35)24-9-7-22(17-27(24)34-19)38-18-20-10-13-33-14-11-20/h6-11,13-14,16-17,19,23,26,34H,2-5,12,15,18H2,1H3,(H,36,37)/t19?,23?,26-/m0/s1. The van der Waals surface area contributed by atoms with Gasteiger partial charge in [0.2, 0.25) is 0 Å². The van der Waals surface area contributed by atoms with Crippen LogP contribution in [0.4, 0.5) is 10.1 Å². The Morgan fingerprint density at radius 2 is 1.92 bits per heavy atom. The summed E-state index contributed by atoms with van der Waals surface area (Å²) in [5.74, 6) is -0.424. The normalized spacial score (nSPS) is 21.1. The molecule has 2 aliphatic rings. The number of halogens is 1. The molecule has 0 spiro atoms. The number of hydrogen-bond donors (Lipinski definition) is 2. The van der Waals surface area contributed by atoms with Gasteiger partial charge in [0.1, 0.15) is 18.5 Å². The summed E-state index contributed by atoms with van der Waals surface area (Å²) in [6.45, 7) is 3.30. The fourth-order valence-electron chi connectivity index (χ4n) is 6.06. The zero-order valence-corrected chi connectivity index (χ0v) is 21.5. The smallest absolute Gasteiger partial charge is 0.335 e. The van der Waals surface area contributed by atoms with Gasteiger partial charge < -0.3 is 19.7 Å². The van der Waals surface area contributed by atoms with E-state index in [0.29, 0.717) is 19.6 Å². The first-order valence-electron chi connectivity index (χ1n) is 13.5. The summed E-state index contributed by atoms with van der Waals surface area (Å²) >= 11 is 0. The number of aromatic carboxylic acids is 1. The number of aromatic nitrogens is 2. The monoisotopic (exact) mass is 513 g/mol. The fourth-order valence-corrected chi connectivity index (χ4v) is 6.06. The third kappa shape index (κ3) is 4.51. The number of benzene rings is 2. The molecule has 0 amide bonds. The number of hydrogen-bond acceptors (Lipinski definition) is 4. The maximum atomic E-state index is 15.5. The van der Waals surface area contributed by atoms with Gasteiger partial charge in [-0.05, 0) is 73.7 Å². The van der Waals surface area contributed by atoms with Crippen LogP contribution in [0.3, 0.4) is 0 Å². The molecule has 2 aromatic heterocycles. The van der Waals surface area contributed by atoms with Crippen molar-refractivity contribution in [1.82, 2.24) is 9.55 Å². The minimum Gasteiger partial charge on any atom is -0.489 e. The molecule has 1 saturated carbocycles. The largest absolute Gasteiger partial charge is 0.489 e. The molecule has 196 valence electrons. The molecule has 0 bridgehead atoms. The number of carboxylic acid groups (broad SMARTS) is 1. The Bertz CT molecular complexity index is 1480. The molecule has 2 unspecified atom stereocenters. The second-order valence-corrected chi connectivity index (χ2v) is 10.5. The lowest BCUT2D eigenvalue weighted by molar-refractivity contribution is 0.0697. The summed E-state index contributed by atoms with van der Waals surface area (Å²) in [6.07, 6.45) is 6.69. The summed E-state index contributed by atoms with van der Waals surface area (Å²) in [6, 6.07) is 15.4. The van der Waals surface area contributed by atoms with Crippen LogP contribution in [0.2, 0.25) is 0 Å². The van der Waals surface area contributed by atoms with Crippen molar-refractivity contribution in [2.24, 2.45) is 0 Å². The van der Waals surface area contributed by atoms with E-state index in [1.165, 1.54) is 0 Å². The van der Waals surface area contributed by atoms with Gasteiger partial charge in [-0.1, -0.05) is 18.9 Å². The first-order valence-corrected chi connectivity index (χ1v) is 13.5. The number of pyridine rings is 1. The van der Waals surface area contributed by atoms with Crippen LogP contribution in [0, 0.1) is 0 Å². The number of alkyl halides is 1. The summed E-state index contributed by atoms with van der Waals surface area (Å²) in [5.41, 5.74) is 6.09. The Kier molecular flexibility index (Phi) is 6.52. The highest BCUT2D eigenvalue weighted by Gasteiger charge is 2.34. The SMILES string of the molecule is CC1CCn2c(c(C3CCCC[C@@H]3F)c3ccc(C(=O)O)cc32)-c2ccc(OCc3ccncc3)cc2N1. The molecule has 3 heterocycles. The molecule has 1 aliphatic heterocycles. The van der Waals surface area contributed by atoms with Gasteiger partial charge in [-0.2, -0.15) is 0 Å². The van der Waals surface area contributed by atoms with Gasteiger partial charge in [-0.15, -0.1) is 0 Å². The van der Waals surface area contributed by atoms with Crippen LogP contribution in [0.1, 0.15) is 66.4 Å². The lowest BCUT2D eigenvalue weighted by Gasteiger charge is -2.29. The van der Waals surface area contributed by atoms with Crippen LogP contribution >= 0.6 is 0 Å². The predicted octanol–water partition coefficient (Wildman–Crippen LogP) is 7.18. The Morgan fingerprint density at radius 3 is 2.71 bits per heavy atom. The predicted molar refractivity (Wildman–Crippen MR) is 147 cm³/mol. The average Bonchev–Trinajstić information content (AvgIpc) is 3.23. The Labute approximate surface area is 221 Å². The van der Waals surface area contributed by atoms with Crippen LogP contribution in [-0.2, 0) is 13.2 Å². The lowest BCUT2D eigenvalue weighted by Crippen LogP contribution is -2.23. The number of carboxylic acids is 1. The van der Waals surface area contributed by atoms with Crippen LogP contribution in [0.5, 0.6) is 5.75 Å². The fraction of sp³-hybridized carbons (Fsp3) is 0.355. The molecule has 2 aromatic carbocycles. The van der Waals surface area contributed by atoms with Crippen molar-refractivity contribution < 1.29 is 19.0 Å². The lowest BCUT2D eigenvalue weighted by atomic mass is 9.80. The van der Waals surface area contributed by atoms with Crippen LogP contribution in [-0.4, -0.2) is 32.8 Å². The molecule has 1 fully saturated rings. The maximum absolute atomic E-state index is 15.5. The van der Waals surface area contributed by atoms with E-state index in [4.69, 9.17) is 4.74 Å². The van der Waals surface area contributed by atoms with Crippen molar-refractivity contribution in [3.63, 3.8) is 0 Å². The third-order valence-corrected chi connectivity index (χ3v) is 7.99. The van der Waals surface area contributed by atoms with Crippen molar-refractivity contribution in [1.29, 1.82) is 0 Å². The van der Waals surface area contributed by atoms with Crippen molar-refractivity contribution in [2.75, 3.05) is 5.32 Å². The minimum atomic E-state index is -0.956. The summed E-state index contributed by atoms with van der Waals surface area (Å²) < 4.78 is 23.9. The van der Waals surface area contributed by atoms with Crippen LogP contribution < -0.4 is 10.1 Å². The number of nitrogens with one attached hydrogen (secondary N) is 1. The van der Waals surface area contributed by atoms with E-state index in [9.17, 15) is 9.90 Å². The van der Waals surface area contributed by atoms with Gasteiger partial charge in [0.15, 0.2) is 0 Å². The zero-order valence-electron chi connectivity index (χ0n) is 21.5. The number of anilines is 1. The van der Waals surface area contributed by atoms with E-state index < -0.39 is 12.1 Å². The molecule has 0 saturated heterocycles. The average molecular weight is 514 g/mol. The molecule has 2 N–H and O–H groups in total. The molecule has 6 rings (SSSR count). The third-order valence-electron chi connectivity index (χ3n) is 7.99. The molecular weight excluding hydrogens is 481 g/mol. The topological polar surface area (TPSA) is 76.4 Å². The highest BCUT2D eigenvalue weighted by molar-refractivity contribution is 5.99. The molecule has 4 aromatic rings. The van der Waals surface area contributed by atoms with Crippen LogP contribution in [0.25, 0.3) is 22.2 Å². The van der Waals surface area contributed by atoms with Crippen molar-refractivity contribution >= 4 is 22.6 Å². The first-order chi connectivity index (χ1) is 18.5. The molecule has 1 aliphatic carbocycles. The minimum absolute atomic E-state index is 0.185. The number of carbonyl (C=O) groups is 1. The Balaban J connectivity index is 1.52. The second-order valence-electron chi connectivity index (χ2n) is 10.5. The molecule has 38 heavy (non-hydrogen) atoms. The number of rotatable bonds is 5. The summed E-state index contributed by atoms with van der Waals surface area (Å²) in [5, 5.41) is 14.3. The number of fused-ring (bicyclic) bond motifs is 5. The summed E-state index contributed by atoms with van der Waals surface area (Å²) in [4.78, 5) is 15.9. The highest BCUT2D eigenvalue weighted by atomic mass is 19.1. The van der Waals surface area contributed by atoms with Gasteiger partial charge in [0, 0.05) is 59.1 Å². The Hall–Kier alpha value is -3.87. The van der Waals surface area contributed by atoms with Gasteiger partial charge in [0.25, 0.3) is 0 Å².